The Hall–Kier alpha value is -1.92. The van der Waals surface area contributed by atoms with Gasteiger partial charge in [0.15, 0.2) is 0 Å². The summed E-state index contributed by atoms with van der Waals surface area (Å²) in [5, 5.41) is 18.8. The first-order valence-electron chi connectivity index (χ1n) is 8.56. The van der Waals surface area contributed by atoms with E-state index in [1.807, 2.05) is 18.2 Å². The number of amides is 2. The Morgan fingerprint density at radius 3 is 2.54 bits per heavy atom. The molecule has 1 saturated carbocycles. The molecule has 1 aliphatic heterocycles. The van der Waals surface area contributed by atoms with Gasteiger partial charge in [-0.05, 0) is 31.2 Å². The van der Waals surface area contributed by atoms with Crippen LogP contribution in [-0.2, 0) is 9.59 Å². The van der Waals surface area contributed by atoms with Gasteiger partial charge >= 0.3 is 0 Å². The van der Waals surface area contributed by atoms with E-state index in [-0.39, 0.29) is 12.3 Å². The molecule has 2 fully saturated rings. The summed E-state index contributed by atoms with van der Waals surface area (Å²) in [5.74, 6) is -1.43. The van der Waals surface area contributed by atoms with E-state index in [0.717, 1.165) is 6.42 Å². The number of aliphatic hydroxyl groups excluding tert-OH is 1. The lowest BCUT2D eigenvalue weighted by Gasteiger charge is -2.34. The van der Waals surface area contributed by atoms with Gasteiger partial charge in [-0.15, -0.1) is 0 Å². The van der Waals surface area contributed by atoms with Gasteiger partial charge in [0.05, 0.1) is 17.9 Å². The molecule has 4 atom stereocenters. The number of nitrogens with zero attached hydrogens (tertiary/aromatic N) is 1. The molecule has 24 heavy (non-hydrogen) atoms. The van der Waals surface area contributed by atoms with Gasteiger partial charge in [-0.3, -0.25) is 14.8 Å². The highest BCUT2D eigenvalue weighted by Crippen LogP contribution is 2.35. The van der Waals surface area contributed by atoms with E-state index < -0.39 is 23.8 Å². The van der Waals surface area contributed by atoms with E-state index in [0.29, 0.717) is 31.8 Å². The molecular weight excluding hydrogens is 308 g/mol. The first-order valence-corrected chi connectivity index (χ1v) is 8.56. The predicted octanol–water partition coefficient (Wildman–Crippen LogP) is 1.29. The molecule has 0 bridgehead atoms. The molecule has 1 aromatic carbocycles. The summed E-state index contributed by atoms with van der Waals surface area (Å²) in [5.41, 5.74) is 2.89. The monoisotopic (exact) mass is 332 g/mol. The van der Waals surface area contributed by atoms with Gasteiger partial charge in [-0.1, -0.05) is 30.3 Å². The maximum absolute atomic E-state index is 12.9. The van der Waals surface area contributed by atoms with Crippen molar-refractivity contribution in [3.63, 3.8) is 0 Å². The number of aliphatic hydroxyl groups is 1. The predicted molar refractivity (Wildman–Crippen MR) is 87.1 cm³/mol. The first-order chi connectivity index (χ1) is 11.6. The zero-order valence-corrected chi connectivity index (χ0v) is 13.6. The largest absolute Gasteiger partial charge is 0.393 e. The summed E-state index contributed by atoms with van der Waals surface area (Å²) >= 11 is 0. The number of hydrogen-bond acceptors (Lipinski definition) is 4. The molecule has 6 heteroatoms. The standard InChI is InChI=1S/C18H24N2O4/c21-14-6-7-15(17(22)19-24)16(10-14)18(23)20-9-8-13(11-20)12-4-2-1-3-5-12/h1-5,13-16,21,24H,6-11H2,(H,19,22)/t13-,14-,15-,16-/m0/s1. The molecule has 2 aliphatic rings. The van der Waals surface area contributed by atoms with Gasteiger partial charge in [-0.2, -0.15) is 0 Å². The number of hydrogen-bond donors (Lipinski definition) is 3. The van der Waals surface area contributed by atoms with Crippen LogP contribution in [0, 0.1) is 11.8 Å². The third-order valence-corrected chi connectivity index (χ3v) is 5.36. The number of benzene rings is 1. The summed E-state index contributed by atoms with van der Waals surface area (Å²) in [4.78, 5) is 26.6. The minimum absolute atomic E-state index is 0.0826. The Bertz CT molecular complexity index is 592. The zero-order valence-electron chi connectivity index (χ0n) is 13.6. The SMILES string of the molecule is O=C(NO)[C@H]1CC[C@H](O)C[C@@H]1C(=O)N1CC[C@H](c2ccccc2)C1. The van der Waals surface area contributed by atoms with Crippen molar-refractivity contribution in [2.24, 2.45) is 11.8 Å². The molecule has 1 aliphatic carbocycles. The number of likely N-dealkylation sites (tertiary alicyclic amines) is 1. The van der Waals surface area contributed by atoms with Crippen molar-refractivity contribution in [2.75, 3.05) is 13.1 Å². The Labute approximate surface area is 141 Å². The van der Waals surface area contributed by atoms with Crippen LogP contribution in [0.5, 0.6) is 0 Å². The number of carbonyl (C=O) groups is 2. The summed E-state index contributed by atoms with van der Waals surface area (Å²) in [6, 6.07) is 10.1. The van der Waals surface area contributed by atoms with E-state index >= 15 is 0 Å². The van der Waals surface area contributed by atoms with Crippen LogP contribution in [0.4, 0.5) is 0 Å². The van der Waals surface area contributed by atoms with E-state index in [4.69, 9.17) is 5.21 Å². The highest BCUT2D eigenvalue weighted by Gasteiger charge is 2.42. The van der Waals surface area contributed by atoms with Gasteiger partial charge in [0.25, 0.3) is 0 Å². The van der Waals surface area contributed by atoms with Gasteiger partial charge in [0, 0.05) is 19.0 Å². The number of carbonyl (C=O) groups excluding carboxylic acids is 2. The van der Waals surface area contributed by atoms with Crippen LogP contribution in [0.3, 0.4) is 0 Å². The lowest BCUT2D eigenvalue weighted by Crippen LogP contribution is -2.46. The summed E-state index contributed by atoms with van der Waals surface area (Å²) in [6.07, 6.45) is 1.52. The molecule has 130 valence electrons. The lowest BCUT2D eigenvalue weighted by molar-refractivity contribution is -0.148. The van der Waals surface area contributed by atoms with Gasteiger partial charge in [0.2, 0.25) is 11.8 Å². The van der Waals surface area contributed by atoms with Crippen molar-refractivity contribution in [2.45, 2.75) is 37.7 Å². The smallest absolute Gasteiger partial charge is 0.247 e. The average molecular weight is 332 g/mol. The molecule has 2 amide bonds. The summed E-state index contributed by atoms with van der Waals surface area (Å²) < 4.78 is 0. The third-order valence-electron chi connectivity index (χ3n) is 5.36. The molecule has 1 aromatic rings. The normalized spacial score (nSPS) is 30.2. The van der Waals surface area contributed by atoms with Crippen LogP contribution in [0.1, 0.15) is 37.2 Å². The van der Waals surface area contributed by atoms with E-state index in [1.54, 1.807) is 10.4 Å². The van der Waals surface area contributed by atoms with Crippen molar-refractivity contribution >= 4 is 11.8 Å². The summed E-state index contributed by atoms with van der Waals surface area (Å²) in [6.45, 7) is 1.31. The van der Waals surface area contributed by atoms with Crippen LogP contribution in [-0.4, -0.2) is 46.2 Å². The molecule has 0 unspecified atom stereocenters. The van der Waals surface area contributed by atoms with Crippen LogP contribution in [0.25, 0.3) is 0 Å². The van der Waals surface area contributed by atoms with Gasteiger partial charge in [0.1, 0.15) is 0 Å². The van der Waals surface area contributed by atoms with Crippen molar-refractivity contribution < 1.29 is 19.9 Å². The number of nitrogens with one attached hydrogen (secondary N) is 1. The quantitative estimate of drug-likeness (QED) is 0.575. The second kappa shape index (κ2) is 7.32. The average Bonchev–Trinajstić information content (AvgIpc) is 3.11. The van der Waals surface area contributed by atoms with E-state index in [1.165, 1.54) is 5.56 Å². The molecular formula is C18H24N2O4. The lowest BCUT2D eigenvalue weighted by atomic mass is 9.76. The van der Waals surface area contributed by atoms with Crippen molar-refractivity contribution in [1.29, 1.82) is 0 Å². The Balaban J connectivity index is 1.69. The molecule has 6 nitrogen and oxygen atoms in total. The maximum Gasteiger partial charge on any atom is 0.247 e. The minimum atomic E-state index is -0.568. The van der Waals surface area contributed by atoms with Gasteiger partial charge in [-0.25, -0.2) is 5.48 Å². The van der Waals surface area contributed by atoms with Crippen molar-refractivity contribution in [3.05, 3.63) is 35.9 Å². The Morgan fingerprint density at radius 2 is 1.83 bits per heavy atom. The third kappa shape index (κ3) is 3.44. The number of rotatable bonds is 3. The maximum atomic E-state index is 12.9. The minimum Gasteiger partial charge on any atom is -0.393 e. The van der Waals surface area contributed by atoms with Crippen molar-refractivity contribution in [3.8, 4) is 0 Å². The van der Waals surface area contributed by atoms with Crippen LogP contribution >= 0.6 is 0 Å². The fourth-order valence-corrected chi connectivity index (χ4v) is 4.01. The van der Waals surface area contributed by atoms with E-state index in [9.17, 15) is 14.7 Å². The molecule has 0 aromatic heterocycles. The molecule has 3 N–H and O–H groups in total. The van der Waals surface area contributed by atoms with Crippen LogP contribution in [0.15, 0.2) is 30.3 Å². The fourth-order valence-electron chi connectivity index (χ4n) is 4.01. The Kier molecular flexibility index (Phi) is 5.16. The number of hydroxylamine groups is 1. The topological polar surface area (TPSA) is 89.9 Å². The molecule has 0 spiro atoms. The molecule has 1 heterocycles. The second-order valence-corrected chi connectivity index (χ2v) is 6.84. The highest BCUT2D eigenvalue weighted by atomic mass is 16.5. The van der Waals surface area contributed by atoms with E-state index in [2.05, 4.69) is 12.1 Å². The van der Waals surface area contributed by atoms with Crippen LogP contribution in [0.2, 0.25) is 0 Å². The Morgan fingerprint density at radius 1 is 1.08 bits per heavy atom. The second-order valence-electron chi connectivity index (χ2n) is 6.84. The molecule has 3 rings (SSSR count). The first kappa shape index (κ1) is 16.9. The highest BCUT2D eigenvalue weighted by molar-refractivity contribution is 5.87. The van der Waals surface area contributed by atoms with Crippen molar-refractivity contribution in [1.82, 2.24) is 10.4 Å². The summed E-state index contributed by atoms with van der Waals surface area (Å²) in [7, 11) is 0. The fraction of sp³-hybridized carbons (Fsp3) is 0.556. The zero-order chi connectivity index (χ0) is 17.1. The van der Waals surface area contributed by atoms with Gasteiger partial charge < -0.3 is 10.0 Å². The molecule has 1 saturated heterocycles. The molecule has 0 radical (unpaired) electrons. The van der Waals surface area contributed by atoms with Crippen LogP contribution < -0.4 is 5.48 Å².